The minimum absolute atomic E-state index is 0.125. The maximum Gasteiger partial charge on any atom is 0.132 e. The van der Waals surface area contributed by atoms with Crippen molar-refractivity contribution >= 4 is 0 Å². The zero-order valence-electron chi connectivity index (χ0n) is 8.71. The van der Waals surface area contributed by atoms with Crippen molar-refractivity contribution in [2.24, 2.45) is 0 Å². The lowest BCUT2D eigenvalue weighted by atomic mass is 10.1. The fourth-order valence-corrected chi connectivity index (χ4v) is 1.48. The molecule has 1 aromatic rings. The molecule has 1 aromatic carbocycles. The Hall–Kier alpha value is -1.02. The minimum atomic E-state index is -0.265. The van der Waals surface area contributed by atoms with Crippen LogP contribution in [0.15, 0.2) is 18.2 Å². The summed E-state index contributed by atoms with van der Waals surface area (Å²) in [4.78, 5) is 0. The van der Waals surface area contributed by atoms with Crippen LogP contribution >= 0.6 is 0 Å². The monoisotopic (exact) mass is 192 g/mol. The molecule has 1 aliphatic rings. The second-order valence-electron chi connectivity index (χ2n) is 4.21. The molecule has 76 valence electrons. The van der Waals surface area contributed by atoms with Crippen molar-refractivity contribution in [1.82, 2.24) is 0 Å². The number of aryl methyl sites for hydroxylation is 2. The van der Waals surface area contributed by atoms with Crippen LogP contribution in [-0.4, -0.2) is 17.3 Å². The molecule has 2 rings (SSSR count). The topological polar surface area (TPSA) is 29.5 Å². The standard InChI is InChI=1S/C12H16O2/c1-9-3-4-10(2)11(7-9)14-12(8-13)5-6-12/h3-4,7,13H,5-6,8H2,1-2H3. The highest BCUT2D eigenvalue weighted by Gasteiger charge is 2.45. The molecule has 0 atom stereocenters. The Balaban J connectivity index is 2.20. The zero-order valence-corrected chi connectivity index (χ0v) is 8.71. The predicted octanol–water partition coefficient (Wildman–Crippen LogP) is 2.21. The van der Waals surface area contributed by atoms with Gasteiger partial charge >= 0.3 is 0 Å². The number of rotatable bonds is 3. The van der Waals surface area contributed by atoms with Gasteiger partial charge in [-0.3, -0.25) is 0 Å². The number of aliphatic hydroxyl groups excluding tert-OH is 1. The molecule has 2 heteroatoms. The highest BCUT2D eigenvalue weighted by Crippen LogP contribution is 2.40. The van der Waals surface area contributed by atoms with Gasteiger partial charge in [-0.05, 0) is 43.9 Å². The SMILES string of the molecule is Cc1ccc(C)c(OC2(CO)CC2)c1. The molecule has 2 nitrogen and oxygen atoms in total. The fourth-order valence-electron chi connectivity index (χ4n) is 1.48. The van der Waals surface area contributed by atoms with E-state index in [0.29, 0.717) is 0 Å². The molecule has 1 fully saturated rings. The number of ether oxygens (including phenoxy) is 1. The van der Waals surface area contributed by atoms with Gasteiger partial charge in [0.2, 0.25) is 0 Å². The van der Waals surface area contributed by atoms with Crippen molar-refractivity contribution in [3.8, 4) is 5.75 Å². The molecule has 0 unspecified atom stereocenters. The van der Waals surface area contributed by atoms with E-state index in [0.717, 1.165) is 24.2 Å². The van der Waals surface area contributed by atoms with E-state index in [1.165, 1.54) is 5.56 Å². The first-order chi connectivity index (χ1) is 6.65. The number of hydrogen-bond acceptors (Lipinski definition) is 2. The molecular formula is C12H16O2. The highest BCUT2D eigenvalue weighted by molar-refractivity contribution is 5.37. The van der Waals surface area contributed by atoms with E-state index in [4.69, 9.17) is 9.84 Å². The van der Waals surface area contributed by atoms with Crippen LogP contribution in [0.4, 0.5) is 0 Å². The Bertz CT molecular complexity index is 340. The largest absolute Gasteiger partial charge is 0.485 e. The number of aliphatic hydroxyl groups is 1. The molecule has 0 radical (unpaired) electrons. The fraction of sp³-hybridized carbons (Fsp3) is 0.500. The summed E-state index contributed by atoms with van der Waals surface area (Å²) in [6, 6.07) is 6.16. The van der Waals surface area contributed by atoms with E-state index in [2.05, 4.69) is 12.1 Å². The molecule has 0 amide bonds. The Morgan fingerprint density at radius 3 is 2.64 bits per heavy atom. The van der Waals surface area contributed by atoms with Crippen LogP contribution in [0.2, 0.25) is 0 Å². The molecule has 1 saturated carbocycles. The predicted molar refractivity (Wildman–Crippen MR) is 55.6 cm³/mol. The van der Waals surface area contributed by atoms with Gasteiger partial charge in [0.1, 0.15) is 11.4 Å². The third-order valence-electron chi connectivity index (χ3n) is 2.77. The maximum atomic E-state index is 9.15. The van der Waals surface area contributed by atoms with E-state index >= 15 is 0 Å². The lowest BCUT2D eigenvalue weighted by molar-refractivity contribution is 0.0946. The van der Waals surface area contributed by atoms with Gasteiger partial charge < -0.3 is 9.84 Å². The van der Waals surface area contributed by atoms with Gasteiger partial charge in [0, 0.05) is 0 Å². The molecule has 0 bridgehead atoms. The Morgan fingerprint density at radius 1 is 1.36 bits per heavy atom. The summed E-state index contributed by atoms with van der Waals surface area (Å²) in [6.07, 6.45) is 1.94. The first-order valence-electron chi connectivity index (χ1n) is 5.02. The average molecular weight is 192 g/mol. The van der Waals surface area contributed by atoms with Gasteiger partial charge in [-0.15, -0.1) is 0 Å². The zero-order chi connectivity index (χ0) is 10.2. The lowest BCUT2D eigenvalue weighted by Gasteiger charge is -2.17. The first kappa shape index (κ1) is 9.53. The molecule has 0 saturated heterocycles. The molecular weight excluding hydrogens is 176 g/mol. The van der Waals surface area contributed by atoms with E-state index in [1.807, 2.05) is 19.9 Å². The summed E-state index contributed by atoms with van der Waals surface area (Å²) in [5, 5.41) is 9.15. The van der Waals surface area contributed by atoms with Crippen molar-refractivity contribution in [2.45, 2.75) is 32.3 Å². The summed E-state index contributed by atoms with van der Waals surface area (Å²) in [5.74, 6) is 0.913. The number of benzene rings is 1. The molecule has 1 aliphatic carbocycles. The number of hydrogen-bond donors (Lipinski definition) is 1. The van der Waals surface area contributed by atoms with Crippen molar-refractivity contribution < 1.29 is 9.84 Å². The van der Waals surface area contributed by atoms with E-state index in [9.17, 15) is 0 Å². The minimum Gasteiger partial charge on any atom is -0.485 e. The van der Waals surface area contributed by atoms with Crippen LogP contribution in [0.1, 0.15) is 24.0 Å². The second-order valence-corrected chi connectivity index (χ2v) is 4.21. The normalized spacial score (nSPS) is 17.9. The highest BCUT2D eigenvalue weighted by atomic mass is 16.5. The van der Waals surface area contributed by atoms with Gasteiger partial charge in [0.15, 0.2) is 0 Å². The van der Waals surface area contributed by atoms with Crippen molar-refractivity contribution in [1.29, 1.82) is 0 Å². The van der Waals surface area contributed by atoms with Gasteiger partial charge in [0.25, 0.3) is 0 Å². The van der Waals surface area contributed by atoms with Crippen LogP contribution in [0.3, 0.4) is 0 Å². The maximum absolute atomic E-state index is 9.15. The summed E-state index contributed by atoms with van der Waals surface area (Å²) in [7, 11) is 0. The van der Waals surface area contributed by atoms with Crippen molar-refractivity contribution in [3.05, 3.63) is 29.3 Å². The molecule has 0 spiro atoms. The quantitative estimate of drug-likeness (QED) is 0.795. The van der Waals surface area contributed by atoms with Gasteiger partial charge in [0.05, 0.1) is 6.61 Å². The smallest absolute Gasteiger partial charge is 0.132 e. The van der Waals surface area contributed by atoms with Crippen molar-refractivity contribution in [2.75, 3.05) is 6.61 Å². The molecule has 14 heavy (non-hydrogen) atoms. The van der Waals surface area contributed by atoms with Gasteiger partial charge in [-0.25, -0.2) is 0 Å². The molecule has 0 aromatic heterocycles. The Labute approximate surface area is 84.5 Å². The first-order valence-corrected chi connectivity index (χ1v) is 5.02. The van der Waals surface area contributed by atoms with Crippen LogP contribution in [0.25, 0.3) is 0 Å². The molecule has 0 heterocycles. The summed E-state index contributed by atoms with van der Waals surface area (Å²) in [5.41, 5.74) is 2.06. The lowest BCUT2D eigenvalue weighted by Crippen LogP contribution is -2.23. The van der Waals surface area contributed by atoms with Crippen LogP contribution < -0.4 is 4.74 Å². The van der Waals surface area contributed by atoms with Crippen LogP contribution in [-0.2, 0) is 0 Å². The summed E-state index contributed by atoms with van der Waals surface area (Å²) in [6.45, 7) is 4.20. The van der Waals surface area contributed by atoms with E-state index in [1.54, 1.807) is 0 Å². The van der Waals surface area contributed by atoms with Gasteiger partial charge in [-0.1, -0.05) is 12.1 Å². The third-order valence-corrected chi connectivity index (χ3v) is 2.77. The molecule has 0 aliphatic heterocycles. The Kier molecular flexibility index (Phi) is 2.23. The third kappa shape index (κ3) is 1.75. The molecule has 1 N–H and O–H groups in total. The van der Waals surface area contributed by atoms with E-state index in [-0.39, 0.29) is 12.2 Å². The second kappa shape index (κ2) is 3.28. The van der Waals surface area contributed by atoms with Crippen LogP contribution in [0, 0.1) is 13.8 Å². The average Bonchev–Trinajstić information content (AvgIpc) is 2.92. The van der Waals surface area contributed by atoms with Gasteiger partial charge in [-0.2, -0.15) is 0 Å². The summed E-state index contributed by atoms with van der Waals surface area (Å²) < 4.78 is 5.82. The van der Waals surface area contributed by atoms with Crippen LogP contribution in [0.5, 0.6) is 5.75 Å². The Morgan fingerprint density at radius 2 is 2.07 bits per heavy atom. The summed E-state index contributed by atoms with van der Waals surface area (Å²) >= 11 is 0. The van der Waals surface area contributed by atoms with Crippen molar-refractivity contribution in [3.63, 3.8) is 0 Å². The van der Waals surface area contributed by atoms with E-state index < -0.39 is 0 Å².